The highest BCUT2D eigenvalue weighted by molar-refractivity contribution is 8.18. The largest absolute Gasteiger partial charge is 0.506 e. The molecule has 0 saturated carbocycles. The zero-order valence-electron chi connectivity index (χ0n) is 17.2. The van der Waals surface area contributed by atoms with Gasteiger partial charge in [0.2, 0.25) is 0 Å². The van der Waals surface area contributed by atoms with Gasteiger partial charge < -0.3 is 19.3 Å². The number of carbonyl (C=O) groups excluding carboxylic acids is 2. The third-order valence-corrected chi connectivity index (χ3v) is 5.34. The Hall–Kier alpha value is -3.52. The van der Waals surface area contributed by atoms with Crippen LogP contribution in [0.4, 0.5) is 0 Å². The first kappa shape index (κ1) is 22.2. The standard InChI is InChI=1S/C23H21NO6S/c1-4-30-23(27)19-20(25)18(13-14-5-9-16(28-2)10-6-14)31-22(19)24-21(26)15-7-11-17(29-3)12-8-15/h5-13,25H,4H2,1-3H3/b18-13-,24-22?. The zero-order chi connectivity index (χ0) is 22.4. The molecule has 0 radical (unpaired) electrons. The molecule has 8 heteroatoms. The van der Waals surface area contributed by atoms with E-state index in [4.69, 9.17) is 14.2 Å². The van der Waals surface area contributed by atoms with Crippen LogP contribution in [0.1, 0.15) is 22.8 Å². The van der Waals surface area contributed by atoms with E-state index in [0.717, 1.165) is 17.3 Å². The lowest BCUT2D eigenvalue weighted by molar-refractivity contribution is -0.138. The van der Waals surface area contributed by atoms with Gasteiger partial charge in [-0.3, -0.25) is 4.79 Å². The molecule has 31 heavy (non-hydrogen) atoms. The Morgan fingerprint density at radius 3 is 2.13 bits per heavy atom. The Kier molecular flexibility index (Phi) is 7.15. The van der Waals surface area contributed by atoms with Gasteiger partial charge in [0, 0.05) is 5.56 Å². The third-order valence-electron chi connectivity index (χ3n) is 4.32. The van der Waals surface area contributed by atoms with E-state index in [-0.39, 0.29) is 23.0 Å². The van der Waals surface area contributed by atoms with Crippen LogP contribution in [0.2, 0.25) is 0 Å². The number of ether oxygens (including phenoxy) is 3. The van der Waals surface area contributed by atoms with Gasteiger partial charge in [-0.25, -0.2) is 9.79 Å². The first-order chi connectivity index (χ1) is 15.0. The van der Waals surface area contributed by atoms with Crippen LogP contribution in [-0.2, 0) is 9.53 Å². The van der Waals surface area contributed by atoms with Crippen LogP contribution >= 0.6 is 11.8 Å². The van der Waals surface area contributed by atoms with Crippen molar-refractivity contribution in [2.24, 2.45) is 4.99 Å². The Bertz CT molecular complexity index is 1070. The van der Waals surface area contributed by atoms with Crippen molar-refractivity contribution in [1.82, 2.24) is 0 Å². The lowest BCUT2D eigenvalue weighted by atomic mass is 10.1. The SMILES string of the molecule is CCOC(=O)C1=C(O)/C(=C/c2ccc(OC)cc2)SC1=NC(=O)c1ccc(OC)cc1. The van der Waals surface area contributed by atoms with Crippen LogP contribution in [0, 0.1) is 0 Å². The number of rotatable bonds is 6. The summed E-state index contributed by atoms with van der Waals surface area (Å²) >= 11 is 1.03. The highest BCUT2D eigenvalue weighted by Gasteiger charge is 2.33. The van der Waals surface area contributed by atoms with Crippen LogP contribution in [0.3, 0.4) is 0 Å². The van der Waals surface area contributed by atoms with E-state index in [9.17, 15) is 14.7 Å². The maximum absolute atomic E-state index is 12.6. The van der Waals surface area contributed by atoms with Crippen molar-refractivity contribution in [3.05, 3.63) is 75.9 Å². The maximum Gasteiger partial charge on any atom is 0.344 e. The number of aliphatic imine (C=N–C) groups is 1. The number of methoxy groups -OCH3 is 2. The monoisotopic (exact) mass is 439 g/mol. The molecule has 1 amide bonds. The minimum absolute atomic E-state index is 0.0801. The summed E-state index contributed by atoms with van der Waals surface area (Å²) in [4.78, 5) is 29.5. The lowest BCUT2D eigenvalue weighted by Crippen LogP contribution is -2.14. The molecule has 7 nitrogen and oxygen atoms in total. The molecule has 0 saturated heterocycles. The number of esters is 1. The highest BCUT2D eigenvalue weighted by atomic mass is 32.2. The second-order valence-corrected chi connectivity index (χ2v) is 7.31. The van der Waals surface area contributed by atoms with E-state index in [1.165, 1.54) is 7.11 Å². The van der Waals surface area contributed by atoms with Gasteiger partial charge in [-0.2, -0.15) is 0 Å². The summed E-state index contributed by atoms with van der Waals surface area (Å²) in [6, 6.07) is 13.6. The molecule has 2 aromatic carbocycles. The molecular weight excluding hydrogens is 418 g/mol. The van der Waals surface area contributed by atoms with Crippen molar-refractivity contribution in [3.8, 4) is 11.5 Å². The molecule has 1 N–H and O–H groups in total. The van der Waals surface area contributed by atoms with Gasteiger partial charge >= 0.3 is 5.97 Å². The van der Waals surface area contributed by atoms with Crippen molar-refractivity contribution in [3.63, 3.8) is 0 Å². The minimum Gasteiger partial charge on any atom is -0.506 e. The average Bonchev–Trinajstić information content (AvgIpc) is 3.09. The predicted molar refractivity (Wildman–Crippen MR) is 120 cm³/mol. The summed E-state index contributed by atoms with van der Waals surface area (Å²) in [7, 11) is 3.10. The molecule has 0 spiro atoms. The predicted octanol–water partition coefficient (Wildman–Crippen LogP) is 4.41. The van der Waals surface area contributed by atoms with Gasteiger partial charge in [0.25, 0.3) is 5.91 Å². The number of benzene rings is 2. The van der Waals surface area contributed by atoms with Gasteiger partial charge in [0.15, 0.2) is 0 Å². The summed E-state index contributed by atoms with van der Waals surface area (Å²) in [5.41, 5.74) is 0.971. The van der Waals surface area contributed by atoms with Crippen molar-refractivity contribution in [1.29, 1.82) is 0 Å². The van der Waals surface area contributed by atoms with Crippen LogP contribution in [0.25, 0.3) is 6.08 Å². The first-order valence-corrected chi connectivity index (χ1v) is 10.2. The number of thioether (sulfide) groups is 1. The maximum atomic E-state index is 12.6. The van der Waals surface area contributed by atoms with Gasteiger partial charge in [-0.05, 0) is 55.0 Å². The number of aliphatic hydroxyl groups excluding tert-OH is 1. The van der Waals surface area contributed by atoms with Crippen LogP contribution in [-0.4, -0.2) is 42.9 Å². The number of hydrogen-bond acceptors (Lipinski definition) is 7. The molecule has 2 aromatic rings. The molecule has 0 aromatic heterocycles. The fourth-order valence-corrected chi connectivity index (χ4v) is 3.75. The normalized spacial score (nSPS) is 16.0. The lowest BCUT2D eigenvalue weighted by Gasteiger charge is -2.04. The molecule has 3 rings (SSSR count). The van der Waals surface area contributed by atoms with Crippen molar-refractivity contribution < 1.29 is 28.9 Å². The van der Waals surface area contributed by atoms with E-state index < -0.39 is 11.9 Å². The minimum atomic E-state index is -0.744. The van der Waals surface area contributed by atoms with Crippen LogP contribution < -0.4 is 9.47 Å². The second kappa shape index (κ2) is 9.99. The zero-order valence-corrected chi connectivity index (χ0v) is 18.1. The number of nitrogens with zero attached hydrogens (tertiary/aromatic N) is 1. The second-order valence-electron chi connectivity index (χ2n) is 6.28. The fraction of sp³-hybridized carbons (Fsp3) is 0.174. The molecule has 0 atom stereocenters. The number of amides is 1. The molecule has 0 fully saturated rings. The van der Waals surface area contributed by atoms with Gasteiger partial charge in [0.05, 0.1) is 25.7 Å². The van der Waals surface area contributed by atoms with Gasteiger partial charge in [0.1, 0.15) is 27.9 Å². The van der Waals surface area contributed by atoms with Crippen molar-refractivity contribution in [2.75, 3.05) is 20.8 Å². The van der Waals surface area contributed by atoms with E-state index >= 15 is 0 Å². The first-order valence-electron chi connectivity index (χ1n) is 9.38. The van der Waals surface area contributed by atoms with E-state index in [1.54, 1.807) is 68.6 Å². The average molecular weight is 439 g/mol. The van der Waals surface area contributed by atoms with Crippen molar-refractivity contribution in [2.45, 2.75) is 6.92 Å². The molecule has 0 unspecified atom stereocenters. The molecule has 1 heterocycles. The third kappa shape index (κ3) is 5.16. The van der Waals surface area contributed by atoms with E-state index in [1.807, 2.05) is 0 Å². The highest BCUT2D eigenvalue weighted by Crippen LogP contribution is 2.39. The molecule has 1 aliphatic rings. The summed E-state index contributed by atoms with van der Waals surface area (Å²) in [6.45, 7) is 1.78. The summed E-state index contributed by atoms with van der Waals surface area (Å²) in [6.07, 6.45) is 1.69. The molecule has 160 valence electrons. The summed E-state index contributed by atoms with van der Waals surface area (Å²) in [5, 5.41) is 10.8. The molecule has 0 aliphatic carbocycles. The molecule has 1 aliphatic heterocycles. The van der Waals surface area contributed by atoms with E-state index in [2.05, 4.69) is 4.99 Å². The van der Waals surface area contributed by atoms with Crippen LogP contribution in [0.15, 0.2) is 69.8 Å². The van der Waals surface area contributed by atoms with Crippen LogP contribution in [0.5, 0.6) is 11.5 Å². The number of aliphatic hydroxyl groups is 1. The quantitative estimate of drug-likeness (QED) is 0.667. The van der Waals surface area contributed by atoms with E-state index in [0.29, 0.717) is 22.0 Å². The van der Waals surface area contributed by atoms with Gasteiger partial charge in [-0.15, -0.1) is 0 Å². The molecule has 0 bridgehead atoms. The molecular formula is C23H21NO6S. The van der Waals surface area contributed by atoms with Gasteiger partial charge in [-0.1, -0.05) is 23.9 Å². The smallest absolute Gasteiger partial charge is 0.344 e. The summed E-state index contributed by atoms with van der Waals surface area (Å²) < 4.78 is 15.3. The Balaban J connectivity index is 1.96. The Morgan fingerprint density at radius 2 is 1.58 bits per heavy atom. The summed E-state index contributed by atoms with van der Waals surface area (Å²) in [5.74, 6) is -0.271. The number of carbonyl (C=O) groups is 2. The Morgan fingerprint density at radius 1 is 1.00 bits per heavy atom. The Labute approximate surface area is 184 Å². The number of hydrogen-bond donors (Lipinski definition) is 1. The topological polar surface area (TPSA) is 94.4 Å². The fourth-order valence-electron chi connectivity index (χ4n) is 2.73. The van der Waals surface area contributed by atoms with Crippen molar-refractivity contribution >= 4 is 34.8 Å².